The highest BCUT2D eigenvalue weighted by molar-refractivity contribution is 7.11. The fraction of sp³-hybridized carbons (Fsp3) is 0.350. The van der Waals surface area contributed by atoms with Gasteiger partial charge in [0.25, 0.3) is 0 Å². The average molecular weight is 383 g/mol. The quantitative estimate of drug-likeness (QED) is 0.412. The largest absolute Gasteiger partial charge is 0.357 e. The van der Waals surface area contributed by atoms with Crippen molar-refractivity contribution in [3.05, 3.63) is 58.4 Å². The molecule has 0 bridgehead atoms. The molecule has 3 rings (SSSR count). The summed E-state index contributed by atoms with van der Waals surface area (Å²) in [5, 5.41) is 7.80. The molecule has 3 N–H and O–H groups in total. The van der Waals surface area contributed by atoms with Crippen LogP contribution in [0.2, 0.25) is 0 Å². The molecule has 0 unspecified atom stereocenters. The van der Waals surface area contributed by atoms with Crippen LogP contribution in [0.4, 0.5) is 0 Å². The highest BCUT2D eigenvalue weighted by atomic mass is 32.1. The normalized spacial score (nSPS) is 11.6. The Morgan fingerprint density at radius 2 is 1.96 bits per heavy atom. The van der Waals surface area contributed by atoms with Gasteiger partial charge in [0.15, 0.2) is 5.96 Å². The molecule has 0 aliphatic carbocycles. The van der Waals surface area contributed by atoms with Crippen LogP contribution in [0.15, 0.2) is 47.7 Å². The molecule has 2 heterocycles. The SMILES string of the molecule is CCNC(=NCc1ncc(-c2ccccc2)[nH]1)NCCc1ncc(CC)s1. The molecule has 6 nitrogen and oxygen atoms in total. The molecule has 0 aliphatic rings. The van der Waals surface area contributed by atoms with Crippen molar-refractivity contribution in [2.24, 2.45) is 4.99 Å². The predicted octanol–water partition coefficient (Wildman–Crippen LogP) is 3.39. The van der Waals surface area contributed by atoms with Crippen LogP contribution in [-0.2, 0) is 19.4 Å². The number of rotatable bonds is 8. The third-order valence-corrected chi connectivity index (χ3v) is 5.23. The van der Waals surface area contributed by atoms with E-state index in [1.165, 1.54) is 4.88 Å². The summed E-state index contributed by atoms with van der Waals surface area (Å²) in [7, 11) is 0. The minimum atomic E-state index is 0.499. The summed E-state index contributed by atoms with van der Waals surface area (Å²) in [5.74, 6) is 1.64. The summed E-state index contributed by atoms with van der Waals surface area (Å²) >= 11 is 1.78. The highest BCUT2D eigenvalue weighted by Gasteiger charge is 2.04. The second-order valence-electron chi connectivity index (χ2n) is 6.06. The van der Waals surface area contributed by atoms with Gasteiger partial charge < -0.3 is 15.6 Å². The maximum absolute atomic E-state index is 4.63. The smallest absolute Gasteiger partial charge is 0.191 e. The van der Waals surface area contributed by atoms with Crippen LogP contribution in [0, 0.1) is 0 Å². The van der Waals surface area contributed by atoms with Crippen molar-refractivity contribution in [3.63, 3.8) is 0 Å². The summed E-state index contributed by atoms with van der Waals surface area (Å²) in [6, 6.07) is 10.2. The Morgan fingerprint density at radius 3 is 2.70 bits per heavy atom. The minimum absolute atomic E-state index is 0.499. The Balaban J connectivity index is 1.54. The maximum atomic E-state index is 4.63. The fourth-order valence-electron chi connectivity index (χ4n) is 2.62. The number of H-pyrrole nitrogens is 1. The van der Waals surface area contributed by atoms with E-state index >= 15 is 0 Å². The molecule has 1 aromatic carbocycles. The summed E-state index contributed by atoms with van der Waals surface area (Å²) in [4.78, 5) is 18.2. The first-order chi connectivity index (χ1) is 13.3. The Morgan fingerprint density at radius 1 is 1.11 bits per heavy atom. The summed E-state index contributed by atoms with van der Waals surface area (Å²) in [5.41, 5.74) is 2.13. The van der Waals surface area contributed by atoms with Crippen LogP contribution in [0.25, 0.3) is 11.3 Å². The van der Waals surface area contributed by atoms with Gasteiger partial charge in [0.1, 0.15) is 12.4 Å². The minimum Gasteiger partial charge on any atom is -0.357 e. The lowest BCUT2D eigenvalue weighted by molar-refractivity contribution is 0.791. The van der Waals surface area contributed by atoms with Crippen molar-refractivity contribution < 1.29 is 0 Å². The lowest BCUT2D eigenvalue weighted by Gasteiger charge is -2.10. The maximum Gasteiger partial charge on any atom is 0.191 e. The highest BCUT2D eigenvalue weighted by Crippen LogP contribution is 2.16. The van der Waals surface area contributed by atoms with Gasteiger partial charge in [-0.25, -0.2) is 15.0 Å². The Hall–Kier alpha value is -2.67. The number of nitrogens with zero attached hydrogens (tertiary/aromatic N) is 3. The van der Waals surface area contributed by atoms with Gasteiger partial charge in [-0.3, -0.25) is 0 Å². The molecule has 142 valence electrons. The Kier molecular flexibility index (Phi) is 6.98. The second kappa shape index (κ2) is 9.87. The van der Waals surface area contributed by atoms with Crippen molar-refractivity contribution in [2.45, 2.75) is 33.2 Å². The number of thiazole rings is 1. The number of guanidine groups is 1. The van der Waals surface area contributed by atoms with E-state index in [9.17, 15) is 0 Å². The van der Waals surface area contributed by atoms with Crippen LogP contribution in [0.3, 0.4) is 0 Å². The molecule has 2 aromatic heterocycles. The zero-order valence-electron chi connectivity index (χ0n) is 15.8. The molecule has 0 amide bonds. The van der Waals surface area contributed by atoms with Gasteiger partial charge in [0.05, 0.1) is 16.9 Å². The summed E-state index contributed by atoms with van der Waals surface area (Å²) < 4.78 is 0. The number of benzene rings is 1. The molecule has 0 spiro atoms. The zero-order valence-corrected chi connectivity index (χ0v) is 16.6. The van der Waals surface area contributed by atoms with E-state index < -0.39 is 0 Å². The van der Waals surface area contributed by atoms with Gasteiger partial charge in [0.2, 0.25) is 0 Å². The molecule has 0 radical (unpaired) electrons. The molecule has 27 heavy (non-hydrogen) atoms. The molecular weight excluding hydrogens is 356 g/mol. The number of nitrogens with one attached hydrogen (secondary N) is 3. The number of aromatic nitrogens is 3. The van der Waals surface area contributed by atoms with E-state index in [2.05, 4.69) is 56.6 Å². The third-order valence-electron chi connectivity index (χ3n) is 4.03. The number of imidazole rings is 1. The van der Waals surface area contributed by atoms with Crippen LogP contribution in [0.5, 0.6) is 0 Å². The second-order valence-corrected chi connectivity index (χ2v) is 7.26. The van der Waals surface area contributed by atoms with E-state index in [1.807, 2.05) is 30.6 Å². The number of aryl methyl sites for hydroxylation is 1. The van der Waals surface area contributed by atoms with E-state index in [4.69, 9.17) is 0 Å². The average Bonchev–Trinajstić information content (AvgIpc) is 3.36. The Labute approximate surface area is 164 Å². The molecule has 0 fully saturated rings. The van der Waals surface area contributed by atoms with Crippen LogP contribution >= 0.6 is 11.3 Å². The van der Waals surface area contributed by atoms with Crippen molar-refractivity contribution in [2.75, 3.05) is 13.1 Å². The molecule has 0 saturated carbocycles. The lowest BCUT2D eigenvalue weighted by Crippen LogP contribution is -2.38. The van der Waals surface area contributed by atoms with E-state index in [-0.39, 0.29) is 0 Å². The molecule has 0 aliphatic heterocycles. The molecule has 7 heteroatoms. The standard InChI is InChI=1S/C20H26N6S/c1-3-16-12-24-19(27-16)10-11-22-20(21-4-2)25-14-18-23-13-17(26-18)15-8-6-5-7-9-15/h5-9,12-13H,3-4,10-11,14H2,1-2H3,(H,23,26)(H2,21,22,25). The number of aromatic amines is 1. The summed E-state index contributed by atoms with van der Waals surface area (Å²) in [6.45, 7) is 6.33. The van der Waals surface area contributed by atoms with E-state index in [0.29, 0.717) is 6.54 Å². The first-order valence-electron chi connectivity index (χ1n) is 9.33. The number of aliphatic imine (C=N–C) groups is 1. The lowest BCUT2D eigenvalue weighted by atomic mass is 10.2. The van der Waals surface area contributed by atoms with E-state index in [0.717, 1.165) is 54.0 Å². The number of hydrogen-bond donors (Lipinski definition) is 3. The molecule has 0 saturated heterocycles. The van der Waals surface area contributed by atoms with Gasteiger partial charge in [-0.2, -0.15) is 0 Å². The van der Waals surface area contributed by atoms with Gasteiger partial charge in [-0.05, 0) is 18.9 Å². The topological polar surface area (TPSA) is 78.0 Å². The predicted molar refractivity (Wildman–Crippen MR) is 112 cm³/mol. The summed E-state index contributed by atoms with van der Waals surface area (Å²) in [6.07, 6.45) is 5.77. The molecule has 3 aromatic rings. The first-order valence-corrected chi connectivity index (χ1v) is 10.1. The number of hydrogen-bond acceptors (Lipinski definition) is 4. The van der Waals surface area contributed by atoms with Gasteiger partial charge in [0, 0.05) is 30.6 Å². The molecular formula is C20H26N6S. The van der Waals surface area contributed by atoms with Gasteiger partial charge >= 0.3 is 0 Å². The monoisotopic (exact) mass is 382 g/mol. The molecule has 0 atom stereocenters. The first kappa shape index (κ1) is 19.1. The fourth-order valence-corrected chi connectivity index (χ4v) is 3.48. The zero-order chi connectivity index (χ0) is 18.9. The van der Waals surface area contributed by atoms with Crippen molar-refractivity contribution in [3.8, 4) is 11.3 Å². The van der Waals surface area contributed by atoms with Crippen LogP contribution in [-0.4, -0.2) is 34.0 Å². The van der Waals surface area contributed by atoms with Gasteiger partial charge in [-0.1, -0.05) is 37.3 Å². The van der Waals surface area contributed by atoms with Crippen molar-refractivity contribution >= 4 is 17.3 Å². The third kappa shape index (κ3) is 5.65. The van der Waals surface area contributed by atoms with Gasteiger partial charge in [-0.15, -0.1) is 11.3 Å². The Bertz CT molecular complexity index is 852. The van der Waals surface area contributed by atoms with Crippen molar-refractivity contribution in [1.82, 2.24) is 25.6 Å². The van der Waals surface area contributed by atoms with Crippen molar-refractivity contribution in [1.29, 1.82) is 0 Å². The van der Waals surface area contributed by atoms with E-state index in [1.54, 1.807) is 11.3 Å². The van der Waals surface area contributed by atoms with Crippen LogP contribution in [0.1, 0.15) is 29.6 Å². The van der Waals surface area contributed by atoms with Crippen LogP contribution < -0.4 is 10.6 Å².